The van der Waals surface area contributed by atoms with Crippen molar-refractivity contribution in [1.82, 2.24) is 10.6 Å². The lowest BCUT2D eigenvalue weighted by Crippen LogP contribution is -2.54. The summed E-state index contributed by atoms with van der Waals surface area (Å²) in [6.45, 7) is 6.24. The van der Waals surface area contributed by atoms with Gasteiger partial charge in [0.05, 0.1) is 25.1 Å². The van der Waals surface area contributed by atoms with E-state index in [-0.39, 0.29) is 17.9 Å². The minimum absolute atomic E-state index is 0.213. The average molecular weight is 379 g/mol. The molecule has 1 aromatic carbocycles. The zero-order valence-corrected chi connectivity index (χ0v) is 16.0. The van der Waals surface area contributed by atoms with Gasteiger partial charge in [-0.2, -0.15) is 0 Å². The van der Waals surface area contributed by atoms with Gasteiger partial charge in [-0.25, -0.2) is 0 Å². The van der Waals surface area contributed by atoms with Crippen LogP contribution >= 0.6 is 0 Å². The Balaban J connectivity index is 2.85. The van der Waals surface area contributed by atoms with Crippen LogP contribution < -0.4 is 16.4 Å². The topological polar surface area (TPSA) is 131 Å². The molecule has 0 aliphatic rings. The van der Waals surface area contributed by atoms with E-state index in [1.165, 1.54) is 0 Å². The Bertz CT molecular complexity index is 621. The highest BCUT2D eigenvalue weighted by Crippen LogP contribution is 2.14. The number of rotatable bonds is 11. The number of carboxylic acids is 1. The summed E-state index contributed by atoms with van der Waals surface area (Å²) in [4.78, 5) is 35.6. The van der Waals surface area contributed by atoms with Crippen LogP contribution in [0.5, 0.6) is 0 Å². The average Bonchev–Trinajstić information content (AvgIpc) is 2.62. The molecular formula is C19H29N3O5. The van der Waals surface area contributed by atoms with Crippen LogP contribution in [0.4, 0.5) is 0 Å². The molecule has 0 radical (unpaired) electrons. The molecule has 8 heteroatoms. The molecule has 0 saturated heterocycles. The van der Waals surface area contributed by atoms with Crippen molar-refractivity contribution in [2.45, 2.75) is 45.3 Å². The van der Waals surface area contributed by atoms with E-state index < -0.39 is 30.4 Å². The normalized spacial score (nSPS) is 14.3. The van der Waals surface area contributed by atoms with Crippen molar-refractivity contribution in [1.29, 1.82) is 0 Å². The van der Waals surface area contributed by atoms with E-state index in [1.54, 1.807) is 13.8 Å². The highest BCUT2D eigenvalue weighted by atomic mass is 16.5. The fourth-order valence-corrected chi connectivity index (χ4v) is 2.48. The number of hydrogen-bond acceptors (Lipinski definition) is 5. The fraction of sp³-hybridized carbons (Fsp3) is 0.526. The Hall–Kier alpha value is -2.45. The van der Waals surface area contributed by atoms with Gasteiger partial charge in [-0.3, -0.25) is 14.4 Å². The zero-order valence-electron chi connectivity index (χ0n) is 16.0. The Kier molecular flexibility index (Phi) is 9.46. The monoisotopic (exact) mass is 379 g/mol. The van der Waals surface area contributed by atoms with Crippen LogP contribution in [0.3, 0.4) is 0 Å². The number of hydrogen-bond donors (Lipinski definition) is 4. The van der Waals surface area contributed by atoms with Gasteiger partial charge in [0.15, 0.2) is 0 Å². The first-order valence-electron chi connectivity index (χ1n) is 8.97. The summed E-state index contributed by atoms with van der Waals surface area (Å²) >= 11 is 0. The van der Waals surface area contributed by atoms with Crippen molar-refractivity contribution < 1.29 is 24.2 Å². The van der Waals surface area contributed by atoms with E-state index >= 15 is 0 Å². The molecule has 3 atom stereocenters. The first kappa shape index (κ1) is 22.6. The molecule has 0 aromatic heterocycles. The highest BCUT2D eigenvalue weighted by Gasteiger charge is 2.29. The van der Waals surface area contributed by atoms with E-state index in [4.69, 9.17) is 15.6 Å². The summed E-state index contributed by atoms with van der Waals surface area (Å²) in [7, 11) is 0. The molecular weight excluding hydrogens is 350 g/mol. The third kappa shape index (κ3) is 7.76. The maximum atomic E-state index is 12.8. The lowest BCUT2D eigenvalue weighted by atomic mass is 10.0. The lowest BCUT2D eigenvalue weighted by Gasteiger charge is -2.26. The molecule has 0 aliphatic carbocycles. The molecule has 0 bridgehead atoms. The Morgan fingerprint density at radius 2 is 1.74 bits per heavy atom. The summed E-state index contributed by atoms with van der Waals surface area (Å²) in [6, 6.07) is 6.95. The molecule has 0 aliphatic heterocycles. The number of benzene rings is 1. The minimum Gasteiger partial charge on any atom is -0.481 e. The smallest absolute Gasteiger partial charge is 0.305 e. The summed E-state index contributed by atoms with van der Waals surface area (Å²) in [5.74, 6) is -2.44. The summed E-state index contributed by atoms with van der Waals surface area (Å²) in [5, 5.41) is 14.2. The van der Waals surface area contributed by atoms with E-state index in [2.05, 4.69) is 10.6 Å². The second-order valence-electron chi connectivity index (χ2n) is 6.57. The molecule has 0 unspecified atom stereocenters. The van der Waals surface area contributed by atoms with Crippen molar-refractivity contribution >= 4 is 17.8 Å². The van der Waals surface area contributed by atoms with Gasteiger partial charge in [-0.15, -0.1) is 0 Å². The zero-order chi connectivity index (χ0) is 20.4. The van der Waals surface area contributed by atoms with Gasteiger partial charge in [-0.1, -0.05) is 44.2 Å². The second-order valence-corrected chi connectivity index (χ2v) is 6.57. The quantitative estimate of drug-likeness (QED) is 0.450. The summed E-state index contributed by atoms with van der Waals surface area (Å²) in [6.07, 6.45) is -0.505. The van der Waals surface area contributed by atoms with Gasteiger partial charge in [0.1, 0.15) is 6.04 Å². The Labute approximate surface area is 159 Å². The van der Waals surface area contributed by atoms with Crippen LogP contribution in [0.25, 0.3) is 0 Å². The van der Waals surface area contributed by atoms with Crippen molar-refractivity contribution in [2.24, 2.45) is 11.7 Å². The first-order chi connectivity index (χ1) is 12.8. The fourth-order valence-electron chi connectivity index (χ4n) is 2.48. The van der Waals surface area contributed by atoms with Gasteiger partial charge in [-0.05, 0) is 18.4 Å². The standard InChI is InChI=1S/C19H29N3O5/c1-4-27-11-15(13-8-6-5-7-9-13)21-19(26)17(12(2)3)22-18(25)14(20)10-16(23)24/h5-9,12,14-15,17H,4,10-11,20H2,1-3H3,(H,21,26)(H,22,25)(H,23,24)/t14-,15-,17+/m0/s1. The third-order valence-electron chi connectivity index (χ3n) is 3.99. The van der Waals surface area contributed by atoms with E-state index in [0.29, 0.717) is 13.2 Å². The second kappa shape index (κ2) is 11.3. The van der Waals surface area contributed by atoms with Crippen LogP contribution in [0.15, 0.2) is 30.3 Å². The number of carboxylic acid groups (broad SMARTS) is 1. The van der Waals surface area contributed by atoms with Gasteiger partial charge in [0.25, 0.3) is 0 Å². The van der Waals surface area contributed by atoms with Crippen molar-refractivity contribution in [3.63, 3.8) is 0 Å². The Morgan fingerprint density at radius 1 is 1.11 bits per heavy atom. The van der Waals surface area contributed by atoms with Gasteiger partial charge >= 0.3 is 5.97 Å². The van der Waals surface area contributed by atoms with Gasteiger partial charge in [0.2, 0.25) is 11.8 Å². The molecule has 0 heterocycles. The number of aliphatic carboxylic acids is 1. The molecule has 0 saturated carbocycles. The number of carbonyl (C=O) groups is 3. The van der Waals surface area contributed by atoms with Gasteiger partial charge < -0.3 is 26.2 Å². The molecule has 5 N–H and O–H groups in total. The van der Waals surface area contributed by atoms with Gasteiger partial charge in [0, 0.05) is 6.61 Å². The van der Waals surface area contributed by atoms with Crippen LogP contribution in [0.2, 0.25) is 0 Å². The molecule has 8 nitrogen and oxygen atoms in total. The van der Waals surface area contributed by atoms with Crippen LogP contribution in [-0.2, 0) is 19.1 Å². The molecule has 1 aromatic rings. The maximum Gasteiger partial charge on any atom is 0.305 e. The molecule has 150 valence electrons. The number of ether oxygens (including phenoxy) is 1. The summed E-state index contributed by atoms with van der Waals surface area (Å²) in [5.41, 5.74) is 6.47. The predicted octanol–water partition coefficient (Wildman–Crippen LogP) is 0.823. The molecule has 27 heavy (non-hydrogen) atoms. The van der Waals surface area contributed by atoms with E-state index in [0.717, 1.165) is 5.56 Å². The molecule has 2 amide bonds. The lowest BCUT2D eigenvalue weighted by molar-refractivity contribution is -0.139. The molecule has 0 fully saturated rings. The number of nitrogens with one attached hydrogen (secondary N) is 2. The minimum atomic E-state index is -1.22. The Morgan fingerprint density at radius 3 is 2.26 bits per heavy atom. The van der Waals surface area contributed by atoms with Crippen LogP contribution in [-0.4, -0.2) is 48.2 Å². The number of carbonyl (C=O) groups excluding carboxylic acids is 2. The molecule has 0 spiro atoms. The predicted molar refractivity (Wildman–Crippen MR) is 101 cm³/mol. The van der Waals surface area contributed by atoms with Crippen molar-refractivity contribution in [3.05, 3.63) is 35.9 Å². The maximum absolute atomic E-state index is 12.8. The number of amides is 2. The summed E-state index contributed by atoms with van der Waals surface area (Å²) < 4.78 is 5.47. The van der Waals surface area contributed by atoms with E-state index in [1.807, 2.05) is 37.3 Å². The van der Waals surface area contributed by atoms with Crippen LogP contribution in [0.1, 0.15) is 38.8 Å². The van der Waals surface area contributed by atoms with Crippen molar-refractivity contribution in [3.8, 4) is 0 Å². The highest BCUT2D eigenvalue weighted by molar-refractivity contribution is 5.91. The number of nitrogens with two attached hydrogens (primary N) is 1. The van der Waals surface area contributed by atoms with Crippen LogP contribution in [0, 0.1) is 5.92 Å². The SMILES string of the molecule is CCOC[C@H](NC(=O)[C@H](NC(=O)[C@@H](N)CC(=O)O)C(C)C)c1ccccc1. The molecule has 1 rings (SSSR count). The third-order valence-corrected chi connectivity index (χ3v) is 3.99. The van der Waals surface area contributed by atoms with E-state index in [9.17, 15) is 14.4 Å². The largest absolute Gasteiger partial charge is 0.481 e. The first-order valence-corrected chi connectivity index (χ1v) is 8.97. The van der Waals surface area contributed by atoms with Crippen molar-refractivity contribution in [2.75, 3.05) is 13.2 Å².